The highest BCUT2D eigenvalue weighted by Gasteiger charge is 2.38. The topological polar surface area (TPSA) is 94.9 Å². The van der Waals surface area contributed by atoms with E-state index in [0.29, 0.717) is 4.90 Å². The number of likely N-dealkylation sites (tertiary alicyclic amines) is 1. The molecule has 1 rings (SSSR count). The predicted octanol–water partition coefficient (Wildman–Crippen LogP) is -0.608. The molecule has 0 aliphatic carbocycles. The number of hydrogen-bond acceptors (Lipinski definition) is 3. The third-order valence-electron chi connectivity index (χ3n) is 1.67. The second-order valence-electron chi connectivity index (χ2n) is 2.51. The van der Waals surface area contributed by atoms with Crippen LogP contribution >= 0.6 is 0 Å². The fourth-order valence-electron chi connectivity index (χ4n) is 1.11. The van der Waals surface area contributed by atoms with Gasteiger partial charge in [0.25, 0.3) is 0 Å². The van der Waals surface area contributed by atoms with Crippen LogP contribution in [0.15, 0.2) is 0 Å². The van der Waals surface area contributed by atoms with Crippen molar-refractivity contribution >= 4 is 17.8 Å². The van der Waals surface area contributed by atoms with Crippen molar-refractivity contribution in [1.82, 2.24) is 4.90 Å². The second-order valence-corrected chi connectivity index (χ2v) is 2.51. The fraction of sp³-hybridized carbons (Fsp3) is 0.500. The smallest absolute Gasteiger partial charge is 0.408 e. The largest absolute Gasteiger partial charge is 0.480 e. The van der Waals surface area contributed by atoms with E-state index in [2.05, 4.69) is 0 Å². The van der Waals surface area contributed by atoms with Gasteiger partial charge in [0, 0.05) is 6.42 Å². The molecule has 0 aromatic carbocycles. The number of aliphatic carboxylic acids is 1. The van der Waals surface area contributed by atoms with Gasteiger partial charge >= 0.3 is 12.1 Å². The van der Waals surface area contributed by atoms with Gasteiger partial charge in [-0.05, 0) is 0 Å². The van der Waals surface area contributed by atoms with Gasteiger partial charge in [0.05, 0.1) is 6.54 Å². The van der Waals surface area contributed by atoms with E-state index in [1.54, 1.807) is 0 Å². The summed E-state index contributed by atoms with van der Waals surface area (Å²) >= 11 is 0. The number of rotatable bonds is 1. The lowest BCUT2D eigenvalue weighted by Gasteiger charge is -2.15. The summed E-state index contributed by atoms with van der Waals surface area (Å²) in [5, 5.41) is 17.0. The summed E-state index contributed by atoms with van der Waals surface area (Å²) in [6.07, 6.45) is -1.59. The molecule has 6 heteroatoms. The molecule has 66 valence electrons. The normalized spacial score (nSPS) is 22.8. The fourth-order valence-corrected chi connectivity index (χ4v) is 1.11. The summed E-state index contributed by atoms with van der Waals surface area (Å²) < 4.78 is 0. The van der Waals surface area contributed by atoms with Gasteiger partial charge < -0.3 is 10.2 Å². The van der Waals surface area contributed by atoms with Crippen LogP contribution in [0.25, 0.3) is 0 Å². The van der Waals surface area contributed by atoms with Gasteiger partial charge in [-0.1, -0.05) is 0 Å². The summed E-state index contributed by atoms with van der Waals surface area (Å²) in [6, 6.07) is -1.20. The minimum absolute atomic E-state index is 0.221. The zero-order valence-corrected chi connectivity index (χ0v) is 6.06. The molecular formula is C6H7NO5. The molecule has 1 atom stereocenters. The molecule has 1 fully saturated rings. The van der Waals surface area contributed by atoms with Crippen LogP contribution in [0, 0.1) is 0 Å². The Hall–Kier alpha value is -1.59. The number of carboxylic acid groups (broad SMARTS) is 2. The van der Waals surface area contributed by atoms with Crippen molar-refractivity contribution in [3.05, 3.63) is 0 Å². The first-order valence-corrected chi connectivity index (χ1v) is 3.26. The van der Waals surface area contributed by atoms with Gasteiger partial charge in [-0.2, -0.15) is 0 Å². The maximum absolute atomic E-state index is 10.7. The van der Waals surface area contributed by atoms with E-state index in [-0.39, 0.29) is 18.7 Å². The predicted molar refractivity (Wildman–Crippen MR) is 35.8 cm³/mol. The highest BCUT2D eigenvalue weighted by atomic mass is 16.4. The highest BCUT2D eigenvalue weighted by Crippen LogP contribution is 2.14. The number of ketones is 1. The number of hydrogen-bond donors (Lipinski definition) is 2. The molecule has 6 nitrogen and oxygen atoms in total. The van der Waals surface area contributed by atoms with Gasteiger partial charge in [-0.15, -0.1) is 0 Å². The minimum atomic E-state index is -1.37. The van der Waals surface area contributed by atoms with E-state index in [1.165, 1.54) is 0 Å². The Balaban J connectivity index is 2.79. The summed E-state index contributed by atoms with van der Waals surface area (Å²) in [7, 11) is 0. The number of carbonyl (C=O) groups is 3. The number of nitrogens with zero attached hydrogens (tertiary/aromatic N) is 1. The van der Waals surface area contributed by atoms with Crippen LogP contribution in [-0.4, -0.2) is 45.5 Å². The molecule has 0 spiro atoms. The van der Waals surface area contributed by atoms with Crippen LogP contribution in [0.4, 0.5) is 4.79 Å². The maximum atomic E-state index is 10.7. The van der Waals surface area contributed by atoms with Crippen LogP contribution in [0.1, 0.15) is 6.42 Å². The van der Waals surface area contributed by atoms with Crippen LogP contribution in [0.5, 0.6) is 0 Å². The zero-order chi connectivity index (χ0) is 9.30. The SMILES string of the molecule is O=C1CC(C(=O)O)N(C(=O)O)C1. The molecule has 1 heterocycles. The van der Waals surface area contributed by atoms with E-state index in [1.807, 2.05) is 0 Å². The standard InChI is InChI=1S/C6H7NO5/c8-3-1-4(5(9)10)7(2-3)6(11)12/h4H,1-2H2,(H,9,10)(H,11,12). The number of amides is 1. The van der Waals surface area contributed by atoms with E-state index < -0.39 is 18.1 Å². The van der Waals surface area contributed by atoms with Gasteiger partial charge in [0.1, 0.15) is 6.04 Å². The van der Waals surface area contributed by atoms with Crippen LogP contribution < -0.4 is 0 Å². The van der Waals surface area contributed by atoms with Crippen LogP contribution in [-0.2, 0) is 9.59 Å². The molecule has 1 aliphatic rings. The minimum Gasteiger partial charge on any atom is -0.480 e. The van der Waals surface area contributed by atoms with Crippen molar-refractivity contribution < 1.29 is 24.6 Å². The average molecular weight is 173 g/mol. The Morgan fingerprint density at radius 2 is 2.00 bits per heavy atom. The lowest BCUT2D eigenvalue weighted by Crippen LogP contribution is -2.39. The summed E-state index contributed by atoms with van der Waals surface area (Å²) in [5.41, 5.74) is 0. The Morgan fingerprint density at radius 3 is 2.33 bits per heavy atom. The molecular weight excluding hydrogens is 166 g/mol. The molecule has 2 N–H and O–H groups in total. The van der Waals surface area contributed by atoms with Gasteiger partial charge in [-0.3, -0.25) is 9.69 Å². The van der Waals surface area contributed by atoms with Gasteiger partial charge in [-0.25, -0.2) is 9.59 Å². The van der Waals surface area contributed by atoms with E-state index in [0.717, 1.165) is 0 Å². The second kappa shape index (κ2) is 2.80. The molecule has 1 amide bonds. The molecule has 1 aliphatic heterocycles. The molecule has 0 saturated carbocycles. The molecule has 12 heavy (non-hydrogen) atoms. The van der Waals surface area contributed by atoms with Crippen molar-refractivity contribution in [3.63, 3.8) is 0 Å². The first kappa shape index (κ1) is 8.51. The number of carboxylic acids is 1. The summed E-state index contributed by atoms with van der Waals surface area (Å²) in [4.78, 5) is 32.1. The Bertz CT molecular complexity index is 224. The third kappa shape index (κ3) is 1.36. The molecule has 0 aromatic heterocycles. The third-order valence-corrected chi connectivity index (χ3v) is 1.67. The molecule has 0 bridgehead atoms. The summed E-state index contributed by atoms with van der Waals surface area (Å²) in [5.74, 6) is -1.63. The number of Topliss-reactive ketones (excluding diaryl/α,β-unsaturated/α-hetero) is 1. The molecule has 0 aromatic rings. The Kier molecular flexibility index (Phi) is 1.99. The van der Waals surface area contributed by atoms with E-state index in [9.17, 15) is 14.4 Å². The van der Waals surface area contributed by atoms with Crippen LogP contribution in [0.2, 0.25) is 0 Å². The molecule has 1 saturated heterocycles. The van der Waals surface area contributed by atoms with Gasteiger partial charge in [0.2, 0.25) is 0 Å². The Morgan fingerprint density at radius 1 is 1.42 bits per heavy atom. The summed E-state index contributed by atoms with van der Waals surface area (Å²) in [6.45, 7) is -0.313. The van der Waals surface area contributed by atoms with E-state index in [4.69, 9.17) is 10.2 Å². The van der Waals surface area contributed by atoms with Crippen molar-refractivity contribution in [2.24, 2.45) is 0 Å². The quantitative estimate of drug-likeness (QED) is 0.551. The average Bonchev–Trinajstić information content (AvgIpc) is 2.31. The maximum Gasteiger partial charge on any atom is 0.408 e. The van der Waals surface area contributed by atoms with Crippen molar-refractivity contribution in [2.45, 2.75) is 12.5 Å². The van der Waals surface area contributed by atoms with Crippen LogP contribution in [0.3, 0.4) is 0 Å². The monoisotopic (exact) mass is 173 g/mol. The lowest BCUT2D eigenvalue weighted by molar-refractivity contribution is -0.141. The first-order chi connectivity index (χ1) is 5.52. The Labute approximate surface area is 67.4 Å². The van der Waals surface area contributed by atoms with Crippen molar-refractivity contribution in [1.29, 1.82) is 0 Å². The zero-order valence-electron chi connectivity index (χ0n) is 6.06. The highest BCUT2D eigenvalue weighted by molar-refractivity contribution is 5.94. The van der Waals surface area contributed by atoms with Crippen molar-refractivity contribution in [3.8, 4) is 0 Å². The van der Waals surface area contributed by atoms with Gasteiger partial charge in [0.15, 0.2) is 5.78 Å². The van der Waals surface area contributed by atoms with E-state index >= 15 is 0 Å². The molecule has 0 radical (unpaired) electrons. The lowest BCUT2D eigenvalue weighted by atomic mass is 10.2. The van der Waals surface area contributed by atoms with Crippen molar-refractivity contribution in [2.75, 3.05) is 6.54 Å². The molecule has 1 unspecified atom stereocenters. The number of carbonyl (C=O) groups excluding carboxylic acids is 1. The first-order valence-electron chi connectivity index (χ1n) is 3.26.